The number of nitrogens with zero attached hydrogens (tertiary/aromatic N) is 3. The van der Waals surface area contributed by atoms with Crippen molar-refractivity contribution in [2.45, 2.75) is 0 Å². The summed E-state index contributed by atoms with van der Waals surface area (Å²) in [6.07, 6.45) is 5.50. The van der Waals surface area contributed by atoms with E-state index in [4.69, 9.17) is 4.42 Å². The molecule has 150 valence electrons. The van der Waals surface area contributed by atoms with Crippen LogP contribution in [0, 0.1) is 22.7 Å². The maximum atomic E-state index is 13.0. The molecule has 2 heterocycles. The van der Waals surface area contributed by atoms with E-state index in [-0.39, 0.29) is 16.9 Å². The highest BCUT2D eigenvalue weighted by molar-refractivity contribution is 7.19. The SMILES string of the molecule is N#CC(C#N)=C1/C(=C/c2cc3sc(/C=C/c4ccccc4)nc3o2)C(=O)c2ccccc21. The summed E-state index contributed by atoms with van der Waals surface area (Å²) in [5, 5.41) is 19.6. The highest BCUT2D eigenvalue weighted by atomic mass is 32.1. The Morgan fingerprint density at radius 2 is 1.69 bits per heavy atom. The predicted molar refractivity (Wildman–Crippen MR) is 124 cm³/mol. The number of Topliss-reactive ketones (excluding diaryl/α,β-unsaturated/α-hetero) is 1. The zero-order valence-electron chi connectivity index (χ0n) is 16.6. The first-order chi connectivity index (χ1) is 15.7. The van der Waals surface area contributed by atoms with Crippen LogP contribution in [0.1, 0.15) is 32.3 Å². The van der Waals surface area contributed by atoms with Crippen molar-refractivity contribution >= 4 is 51.3 Å². The molecule has 32 heavy (non-hydrogen) atoms. The van der Waals surface area contributed by atoms with Gasteiger partial charge in [-0.05, 0) is 23.3 Å². The van der Waals surface area contributed by atoms with Gasteiger partial charge in [-0.1, -0.05) is 60.7 Å². The smallest absolute Gasteiger partial charge is 0.238 e. The van der Waals surface area contributed by atoms with Crippen molar-refractivity contribution in [3.63, 3.8) is 0 Å². The lowest BCUT2D eigenvalue weighted by atomic mass is 9.99. The van der Waals surface area contributed by atoms with Crippen LogP contribution in [-0.4, -0.2) is 10.8 Å². The van der Waals surface area contributed by atoms with Gasteiger partial charge in [-0.15, -0.1) is 11.3 Å². The van der Waals surface area contributed by atoms with E-state index in [9.17, 15) is 15.3 Å². The summed E-state index contributed by atoms with van der Waals surface area (Å²) in [5.74, 6) is 0.207. The van der Waals surface area contributed by atoms with Gasteiger partial charge in [0.1, 0.15) is 28.5 Å². The molecule has 0 saturated heterocycles. The van der Waals surface area contributed by atoms with Gasteiger partial charge in [-0.25, -0.2) is 4.98 Å². The molecule has 1 aliphatic rings. The molecule has 0 saturated carbocycles. The molecule has 0 spiro atoms. The van der Waals surface area contributed by atoms with Gasteiger partial charge >= 0.3 is 0 Å². The third kappa shape index (κ3) is 3.35. The van der Waals surface area contributed by atoms with Crippen LogP contribution in [0.25, 0.3) is 34.2 Å². The van der Waals surface area contributed by atoms with E-state index in [2.05, 4.69) is 4.98 Å². The molecule has 0 aliphatic heterocycles. The molecular weight excluding hydrogens is 418 g/mol. The van der Waals surface area contributed by atoms with Gasteiger partial charge in [0.2, 0.25) is 5.71 Å². The second-order valence-corrected chi connectivity index (χ2v) is 8.08. The summed E-state index contributed by atoms with van der Waals surface area (Å²) >= 11 is 1.48. The Labute approximate surface area is 187 Å². The standard InChI is InChI=1S/C26H13N3O2S/c27-14-17(15-28)24-19-8-4-5-9-20(19)25(30)21(24)12-18-13-22-26(31-18)29-23(32-22)11-10-16-6-2-1-3-7-16/h1-13H/b11-10+,21-12-. The quantitative estimate of drug-likeness (QED) is 0.287. The van der Waals surface area contributed by atoms with Crippen LogP contribution in [-0.2, 0) is 0 Å². The van der Waals surface area contributed by atoms with Crippen LogP contribution in [0.3, 0.4) is 0 Å². The minimum atomic E-state index is -0.238. The minimum absolute atomic E-state index is 0.102. The molecule has 5 rings (SSSR count). The molecule has 0 radical (unpaired) electrons. The Balaban J connectivity index is 1.52. The third-order valence-corrected chi connectivity index (χ3v) is 6.01. The fourth-order valence-electron chi connectivity index (χ4n) is 3.63. The average Bonchev–Trinajstić information content (AvgIpc) is 3.46. The van der Waals surface area contributed by atoms with Crippen molar-refractivity contribution in [1.82, 2.24) is 4.98 Å². The van der Waals surface area contributed by atoms with Gasteiger partial charge in [-0.3, -0.25) is 4.79 Å². The molecule has 0 amide bonds. The number of furan rings is 1. The third-order valence-electron chi connectivity index (χ3n) is 5.06. The molecule has 6 heteroatoms. The summed E-state index contributed by atoms with van der Waals surface area (Å²) in [7, 11) is 0. The van der Waals surface area contributed by atoms with Crippen molar-refractivity contribution in [3.05, 3.63) is 99.3 Å². The van der Waals surface area contributed by atoms with Crippen molar-refractivity contribution in [2.24, 2.45) is 0 Å². The van der Waals surface area contributed by atoms with Crippen molar-refractivity contribution in [2.75, 3.05) is 0 Å². The molecule has 2 aromatic heterocycles. The lowest BCUT2D eigenvalue weighted by Gasteiger charge is -2.00. The molecule has 0 unspecified atom stereocenters. The average molecular weight is 431 g/mol. The van der Waals surface area contributed by atoms with Gasteiger partial charge < -0.3 is 4.42 Å². The first-order valence-corrected chi connectivity index (χ1v) is 10.5. The molecule has 4 aromatic rings. The van der Waals surface area contributed by atoms with Gasteiger partial charge in [-0.2, -0.15) is 10.5 Å². The Morgan fingerprint density at radius 1 is 0.969 bits per heavy atom. The molecule has 2 aromatic carbocycles. The van der Waals surface area contributed by atoms with E-state index >= 15 is 0 Å². The largest absolute Gasteiger partial charge is 0.437 e. The van der Waals surface area contributed by atoms with Crippen LogP contribution in [0.4, 0.5) is 0 Å². The highest BCUT2D eigenvalue weighted by Crippen LogP contribution is 2.40. The maximum absolute atomic E-state index is 13.0. The lowest BCUT2D eigenvalue weighted by molar-refractivity contribution is 0.104. The second-order valence-electron chi connectivity index (χ2n) is 7.02. The van der Waals surface area contributed by atoms with Crippen LogP contribution in [0.5, 0.6) is 0 Å². The summed E-state index contributed by atoms with van der Waals surface area (Å²) in [4.78, 5) is 17.5. The number of allylic oxidation sites excluding steroid dienone is 3. The number of aromatic nitrogens is 1. The van der Waals surface area contributed by atoms with Crippen LogP contribution in [0.2, 0.25) is 0 Å². The number of fused-ring (bicyclic) bond motifs is 2. The topological polar surface area (TPSA) is 90.7 Å². The fourth-order valence-corrected chi connectivity index (χ4v) is 4.47. The van der Waals surface area contributed by atoms with Crippen molar-refractivity contribution in [3.8, 4) is 12.1 Å². The first-order valence-electron chi connectivity index (χ1n) is 9.72. The van der Waals surface area contributed by atoms with E-state index in [0.29, 0.717) is 28.2 Å². The summed E-state index contributed by atoms with van der Waals surface area (Å²) in [5.41, 5.74) is 3.12. The molecule has 0 fully saturated rings. The summed E-state index contributed by atoms with van der Waals surface area (Å²) < 4.78 is 6.70. The zero-order chi connectivity index (χ0) is 22.1. The molecule has 5 nitrogen and oxygen atoms in total. The highest BCUT2D eigenvalue weighted by Gasteiger charge is 2.32. The van der Waals surface area contributed by atoms with Crippen LogP contribution >= 0.6 is 11.3 Å². The number of nitriles is 2. The van der Waals surface area contributed by atoms with Crippen LogP contribution in [0.15, 0.2) is 76.2 Å². The second kappa shape index (κ2) is 7.96. The molecule has 0 atom stereocenters. The molecule has 0 N–H and O–H groups in total. The zero-order valence-corrected chi connectivity index (χ0v) is 17.4. The van der Waals surface area contributed by atoms with Crippen LogP contribution < -0.4 is 0 Å². The van der Waals surface area contributed by atoms with Gasteiger partial charge in [0.05, 0.1) is 4.70 Å². The Morgan fingerprint density at radius 3 is 2.41 bits per heavy atom. The normalized spacial score (nSPS) is 14.1. The Kier molecular flexibility index (Phi) is 4.84. The molecular formula is C26H13N3O2S. The Hall–Kier alpha value is -4.52. The van der Waals surface area contributed by atoms with E-state index in [1.165, 1.54) is 11.3 Å². The van der Waals surface area contributed by atoms with Crippen molar-refractivity contribution in [1.29, 1.82) is 10.5 Å². The van der Waals surface area contributed by atoms with Gasteiger partial charge in [0, 0.05) is 22.8 Å². The number of hydrogen-bond donors (Lipinski definition) is 0. The number of thiazole rings is 1. The number of carbonyl (C=O) groups excluding carboxylic acids is 1. The number of hydrogen-bond acceptors (Lipinski definition) is 6. The minimum Gasteiger partial charge on any atom is -0.437 e. The summed E-state index contributed by atoms with van der Waals surface area (Å²) in [6, 6.07) is 22.5. The predicted octanol–water partition coefficient (Wildman–Crippen LogP) is 6.14. The number of benzene rings is 2. The van der Waals surface area contributed by atoms with E-state index < -0.39 is 0 Å². The number of carbonyl (C=O) groups is 1. The monoisotopic (exact) mass is 431 g/mol. The lowest BCUT2D eigenvalue weighted by Crippen LogP contribution is -1.95. The fraction of sp³-hybridized carbons (Fsp3) is 0. The van der Waals surface area contributed by atoms with Crippen molar-refractivity contribution < 1.29 is 9.21 Å². The van der Waals surface area contributed by atoms with Gasteiger partial charge in [0.15, 0.2) is 5.78 Å². The summed E-state index contributed by atoms with van der Waals surface area (Å²) in [6.45, 7) is 0. The van der Waals surface area contributed by atoms with E-state index in [0.717, 1.165) is 15.3 Å². The van der Waals surface area contributed by atoms with Gasteiger partial charge in [0.25, 0.3) is 0 Å². The number of rotatable bonds is 3. The van der Waals surface area contributed by atoms with E-state index in [1.54, 1.807) is 30.3 Å². The van der Waals surface area contributed by atoms with E-state index in [1.807, 2.05) is 60.7 Å². The molecule has 1 aliphatic carbocycles. The first kappa shape index (κ1) is 19.4. The maximum Gasteiger partial charge on any atom is 0.238 e. The molecule has 0 bridgehead atoms. The Bertz CT molecular complexity index is 1510. The number of ketones is 1.